The van der Waals surface area contributed by atoms with Gasteiger partial charge in [-0.3, -0.25) is 4.79 Å². The third kappa shape index (κ3) is 8.20. The minimum absolute atomic E-state index is 0.0665. The molecular weight excluding hydrogens is 568 g/mol. The summed E-state index contributed by atoms with van der Waals surface area (Å²) in [6.07, 6.45) is 5.49. The highest BCUT2D eigenvalue weighted by molar-refractivity contribution is 7.98. The van der Waals surface area contributed by atoms with Crippen LogP contribution >= 0.6 is 11.8 Å². The number of aromatic nitrogens is 1. The molecule has 0 bridgehead atoms. The van der Waals surface area contributed by atoms with Crippen LogP contribution in [-0.2, 0) is 22.4 Å². The van der Waals surface area contributed by atoms with E-state index in [2.05, 4.69) is 38.2 Å². The molecule has 4 aromatic rings. The van der Waals surface area contributed by atoms with Gasteiger partial charge in [-0.1, -0.05) is 94.5 Å². The van der Waals surface area contributed by atoms with Gasteiger partial charge in [-0.15, -0.1) is 0 Å². The topological polar surface area (TPSA) is 88.5 Å². The Morgan fingerprint density at radius 1 is 0.977 bits per heavy atom. The second-order valence-corrected chi connectivity index (χ2v) is 14.0. The number of carbonyl (C=O) groups is 2. The van der Waals surface area contributed by atoms with Crippen LogP contribution in [0.2, 0.25) is 0 Å². The maximum Gasteiger partial charge on any atom is 0.327 e. The fourth-order valence-electron chi connectivity index (χ4n) is 5.66. The van der Waals surface area contributed by atoms with Crippen molar-refractivity contribution in [3.63, 3.8) is 0 Å². The molecule has 1 atom stereocenters. The molecule has 6 nitrogen and oxygen atoms in total. The number of nitrogens with one attached hydrogen (secondary N) is 1. The van der Waals surface area contributed by atoms with E-state index in [9.17, 15) is 14.7 Å². The summed E-state index contributed by atoms with van der Waals surface area (Å²) in [4.78, 5) is 30.3. The van der Waals surface area contributed by atoms with Gasteiger partial charge in [-0.2, -0.15) is 11.8 Å². The zero-order valence-corrected chi connectivity index (χ0v) is 26.9. The van der Waals surface area contributed by atoms with Crippen LogP contribution in [0, 0.1) is 12.8 Å². The van der Waals surface area contributed by atoms with Crippen molar-refractivity contribution in [2.45, 2.75) is 77.0 Å². The number of fused-ring (bicyclic) bond motifs is 1. The third-order valence-electron chi connectivity index (χ3n) is 8.31. The fraction of sp³-hybridized carbons (Fsp3) is 0.378. The van der Waals surface area contributed by atoms with Gasteiger partial charge in [-0.25, -0.2) is 9.78 Å². The first-order chi connectivity index (χ1) is 21.0. The van der Waals surface area contributed by atoms with Gasteiger partial charge in [0.1, 0.15) is 23.2 Å². The van der Waals surface area contributed by atoms with Crippen molar-refractivity contribution in [3.05, 3.63) is 101 Å². The zero-order valence-electron chi connectivity index (χ0n) is 26.1. The molecule has 230 valence electrons. The molecule has 1 fully saturated rings. The Bertz CT molecular complexity index is 1600. The van der Waals surface area contributed by atoms with E-state index in [1.165, 1.54) is 35.7 Å². The van der Waals surface area contributed by atoms with Crippen LogP contribution in [0.15, 0.2) is 72.8 Å². The van der Waals surface area contributed by atoms with Crippen LogP contribution in [0.5, 0.6) is 11.5 Å². The number of amides is 1. The summed E-state index contributed by atoms with van der Waals surface area (Å²) in [6.45, 7) is 8.60. The van der Waals surface area contributed by atoms with Crippen molar-refractivity contribution in [2.24, 2.45) is 5.92 Å². The molecule has 1 aliphatic rings. The normalized spacial score (nSPS) is 14.5. The van der Waals surface area contributed by atoms with Gasteiger partial charge in [0.2, 0.25) is 0 Å². The van der Waals surface area contributed by atoms with Crippen molar-refractivity contribution >= 4 is 34.4 Å². The van der Waals surface area contributed by atoms with Gasteiger partial charge in [0.25, 0.3) is 5.91 Å². The van der Waals surface area contributed by atoms with E-state index < -0.39 is 17.9 Å². The summed E-state index contributed by atoms with van der Waals surface area (Å²) in [5.74, 6) is 1.40. The maximum absolute atomic E-state index is 13.4. The van der Waals surface area contributed by atoms with E-state index in [1.807, 2.05) is 61.5 Å². The van der Waals surface area contributed by atoms with Crippen molar-refractivity contribution in [1.82, 2.24) is 10.3 Å². The highest BCUT2D eigenvalue weighted by atomic mass is 32.2. The lowest BCUT2D eigenvalue weighted by molar-refractivity contribution is -0.138. The van der Waals surface area contributed by atoms with E-state index in [0.717, 1.165) is 47.0 Å². The number of ether oxygens (including phenoxy) is 1. The fourth-order valence-corrected chi connectivity index (χ4v) is 6.67. The first kappa shape index (κ1) is 31.6. The van der Waals surface area contributed by atoms with E-state index >= 15 is 0 Å². The molecule has 1 amide bonds. The average molecular weight is 611 g/mol. The quantitative estimate of drug-likeness (QED) is 0.177. The lowest BCUT2D eigenvalue weighted by Gasteiger charge is -2.19. The smallest absolute Gasteiger partial charge is 0.327 e. The summed E-state index contributed by atoms with van der Waals surface area (Å²) in [7, 11) is 0. The Balaban J connectivity index is 1.35. The van der Waals surface area contributed by atoms with Crippen LogP contribution in [0.4, 0.5) is 0 Å². The summed E-state index contributed by atoms with van der Waals surface area (Å²) in [6, 6.07) is 23.0. The molecule has 1 aliphatic carbocycles. The van der Waals surface area contributed by atoms with Gasteiger partial charge in [0, 0.05) is 22.6 Å². The number of aryl methyl sites for hydroxylation is 1. The highest BCUT2D eigenvalue weighted by Gasteiger charge is 2.24. The Labute approximate surface area is 264 Å². The van der Waals surface area contributed by atoms with E-state index in [1.54, 1.807) is 6.07 Å². The van der Waals surface area contributed by atoms with Gasteiger partial charge >= 0.3 is 5.97 Å². The van der Waals surface area contributed by atoms with Crippen molar-refractivity contribution in [1.29, 1.82) is 0 Å². The van der Waals surface area contributed by atoms with Gasteiger partial charge in [0.15, 0.2) is 0 Å². The molecule has 44 heavy (non-hydrogen) atoms. The number of nitrogens with zero attached hydrogens (tertiary/aromatic N) is 1. The minimum atomic E-state index is -1.06. The number of rotatable bonds is 11. The van der Waals surface area contributed by atoms with E-state index in [-0.39, 0.29) is 16.9 Å². The van der Waals surface area contributed by atoms with Crippen LogP contribution in [-0.4, -0.2) is 33.8 Å². The first-order valence-electron chi connectivity index (χ1n) is 15.4. The number of hydrogen-bond donors (Lipinski definition) is 2. The summed E-state index contributed by atoms with van der Waals surface area (Å²) < 4.78 is 6.24. The lowest BCUT2D eigenvalue weighted by atomic mass is 9.87. The molecule has 0 aliphatic heterocycles. The lowest BCUT2D eigenvalue weighted by Crippen LogP contribution is -2.43. The van der Waals surface area contributed by atoms with Gasteiger partial charge in [0.05, 0.1) is 0 Å². The molecule has 7 heteroatoms. The summed E-state index contributed by atoms with van der Waals surface area (Å²) >= 11 is 1.49. The number of carbonyl (C=O) groups excluding carboxylic acids is 1. The monoisotopic (exact) mass is 610 g/mol. The highest BCUT2D eigenvalue weighted by Crippen LogP contribution is 2.33. The first-order valence-corrected chi connectivity index (χ1v) is 16.6. The maximum atomic E-state index is 13.4. The second kappa shape index (κ2) is 13.9. The largest absolute Gasteiger partial charge is 0.480 e. The van der Waals surface area contributed by atoms with Gasteiger partial charge < -0.3 is 15.2 Å². The van der Waals surface area contributed by atoms with Crippen LogP contribution in [0.25, 0.3) is 10.8 Å². The van der Waals surface area contributed by atoms with Crippen molar-refractivity contribution in [3.8, 4) is 11.5 Å². The Morgan fingerprint density at radius 3 is 2.32 bits per heavy atom. The van der Waals surface area contributed by atoms with Gasteiger partial charge in [-0.05, 0) is 71.5 Å². The SMILES string of the molecule is Cc1ccc(CSC[C@H](NC(=O)c2cc3ccc(Oc4ccc(C(C)(C)C)cc4)cc3c(CC3CCCC3)n2)C(=O)O)cc1. The standard InChI is InChI=1S/C37H42N2O4S/c1-24-9-11-26(12-10-24)22-44-23-34(36(41)42)39-35(40)33-20-27-13-16-30(43-29-17-14-28(15-18-29)37(2,3)4)21-31(27)32(38-33)19-25-7-5-6-8-25/h9-18,20-21,25,34H,5-8,19,22-23H2,1-4H3,(H,39,40)(H,41,42)/t34-/m0/s1. The number of thioether (sulfide) groups is 1. The summed E-state index contributed by atoms with van der Waals surface area (Å²) in [5, 5.41) is 14.4. The molecule has 0 saturated heterocycles. The molecule has 5 rings (SSSR count). The van der Waals surface area contributed by atoms with Crippen LogP contribution in [0.1, 0.15) is 79.3 Å². The zero-order chi connectivity index (χ0) is 31.3. The molecule has 1 aromatic heterocycles. The molecule has 1 saturated carbocycles. The Morgan fingerprint density at radius 2 is 1.66 bits per heavy atom. The minimum Gasteiger partial charge on any atom is -0.480 e. The van der Waals surface area contributed by atoms with Crippen molar-refractivity contribution < 1.29 is 19.4 Å². The van der Waals surface area contributed by atoms with E-state index in [0.29, 0.717) is 17.4 Å². The predicted molar refractivity (Wildman–Crippen MR) is 179 cm³/mol. The number of hydrogen-bond acceptors (Lipinski definition) is 5. The van der Waals surface area contributed by atoms with E-state index in [4.69, 9.17) is 9.72 Å². The van der Waals surface area contributed by atoms with Crippen LogP contribution in [0.3, 0.4) is 0 Å². The molecule has 2 N–H and O–H groups in total. The number of aliphatic carboxylic acids is 1. The molecule has 0 spiro atoms. The molecule has 0 unspecified atom stereocenters. The average Bonchev–Trinajstić information content (AvgIpc) is 3.50. The van der Waals surface area contributed by atoms with Crippen molar-refractivity contribution in [2.75, 3.05) is 5.75 Å². The second-order valence-electron chi connectivity index (χ2n) is 12.9. The summed E-state index contributed by atoms with van der Waals surface area (Å²) in [5.41, 5.74) is 4.71. The number of pyridine rings is 1. The number of carboxylic acid groups (broad SMARTS) is 1. The molecular formula is C37H42N2O4S. The Kier molecular flexibility index (Phi) is 9.94. The van der Waals surface area contributed by atoms with Crippen LogP contribution < -0.4 is 10.1 Å². The third-order valence-corrected chi connectivity index (χ3v) is 9.41. The molecule has 3 aromatic carbocycles. The molecule has 0 radical (unpaired) electrons. The number of benzene rings is 3. The predicted octanol–water partition coefficient (Wildman–Crippen LogP) is 8.48. The Hall–Kier alpha value is -3.84. The number of carboxylic acids is 1. The molecule has 1 heterocycles.